The van der Waals surface area contributed by atoms with Crippen molar-refractivity contribution in [3.63, 3.8) is 0 Å². The molecular weight excluding hydrogens is 520 g/mol. The lowest BCUT2D eigenvalue weighted by atomic mass is 10.0. The van der Waals surface area contributed by atoms with Gasteiger partial charge in [-0.3, -0.25) is 15.5 Å². The van der Waals surface area contributed by atoms with Gasteiger partial charge in [0.2, 0.25) is 0 Å². The Morgan fingerprint density at radius 1 is 1.16 bits per heavy atom. The minimum atomic E-state index is -1.34. The molecule has 2 unspecified atom stereocenters. The maximum atomic E-state index is 13.7. The van der Waals surface area contributed by atoms with Crippen LogP contribution in [0.1, 0.15) is 36.8 Å². The van der Waals surface area contributed by atoms with E-state index in [-0.39, 0.29) is 11.9 Å². The molecule has 11 heteroatoms. The zero-order chi connectivity index (χ0) is 27.4. The van der Waals surface area contributed by atoms with Crippen LogP contribution in [-0.2, 0) is 15.8 Å². The molecule has 0 radical (unpaired) electrons. The highest BCUT2D eigenvalue weighted by atomic mass is 32.2. The molecule has 0 spiro atoms. The predicted octanol–water partition coefficient (Wildman–Crippen LogP) is 2.07. The fourth-order valence-electron chi connectivity index (χ4n) is 5.47. The van der Waals surface area contributed by atoms with E-state index in [2.05, 4.69) is 28.9 Å². The van der Waals surface area contributed by atoms with E-state index in [1.54, 1.807) is 7.11 Å². The standard InChI is InChI=1S/C27H44N6O3S2/c1-19-16-24(36-5)17-20(2)25(19)38(35)33(23-6-7-23)18-21(3)37-26(29-28)27(34)32-14-12-31(13-15-32)22-8-10-30(4)11-9-22/h16-17,22-23,26,29H,3,6-15,18,28H2,1-2,4-5H3. The number of thioether (sulfide) groups is 1. The first-order valence-corrected chi connectivity index (χ1v) is 15.6. The molecule has 1 aliphatic carbocycles. The molecule has 3 fully saturated rings. The van der Waals surface area contributed by atoms with Crippen molar-refractivity contribution in [3.05, 3.63) is 34.7 Å². The molecule has 4 rings (SSSR count). The summed E-state index contributed by atoms with van der Waals surface area (Å²) in [6.07, 6.45) is 4.41. The Hall–Kier alpha value is -1.47. The van der Waals surface area contributed by atoms with E-state index in [0.717, 1.165) is 65.7 Å². The number of likely N-dealkylation sites (tertiary alicyclic amines) is 1. The van der Waals surface area contributed by atoms with Crippen molar-refractivity contribution in [2.24, 2.45) is 5.84 Å². The Morgan fingerprint density at radius 2 is 1.76 bits per heavy atom. The number of amides is 1. The van der Waals surface area contributed by atoms with Gasteiger partial charge >= 0.3 is 0 Å². The highest BCUT2D eigenvalue weighted by Gasteiger charge is 2.36. The highest BCUT2D eigenvalue weighted by molar-refractivity contribution is 8.04. The molecule has 1 saturated carbocycles. The quantitative estimate of drug-likeness (QED) is 0.240. The first-order valence-electron chi connectivity index (χ1n) is 13.6. The summed E-state index contributed by atoms with van der Waals surface area (Å²) in [6, 6.07) is 4.72. The Kier molecular flexibility index (Phi) is 10.3. The number of ether oxygens (including phenoxy) is 1. The number of hydrogen-bond donors (Lipinski definition) is 2. The van der Waals surface area contributed by atoms with E-state index in [0.29, 0.717) is 25.7 Å². The third kappa shape index (κ3) is 7.18. The molecule has 38 heavy (non-hydrogen) atoms. The van der Waals surface area contributed by atoms with Gasteiger partial charge in [0.05, 0.1) is 12.0 Å². The average Bonchev–Trinajstić information content (AvgIpc) is 3.75. The molecular formula is C27H44N6O3S2. The lowest BCUT2D eigenvalue weighted by Gasteiger charge is -2.42. The average molecular weight is 565 g/mol. The number of aryl methyl sites for hydroxylation is 2. The molecule has 3 N–H and O–H groups in total. The number of methoxy groups -OCH3 is 1. The van der Waals surface area contributed by atoms with E-state index in [1.165, 1.54) is 24.6 Å². The summed E-state index contributed by atoms with van der Waals surface area (Å²) < 4.78 is 21.1. The molecule has 2 aliphatic heterocycles. The van der Waals surface area contributed by atoms with Crippen molar-refractivity contribution in [1.29, 1.82) is 0 Å². The summed E-state index contributed by atoms with van der Waals surface area (Å²) in [5.41, 5.74) is 4.59. The molecule has 1 aromatic rings. The Labute approximate surface area is 234 Å². The van der Waals surface area contributed by atoms with Crippen LogP contribution in [0.2, 0.25) is 0 Å². The highest BCUT2D eigenvalue weighted by Crippen LogP contribution is 2.35. The number of benzene rings is 1. The number of piperazine rings is 1. The molecule has 0 aromatic heterocycles. The molecule has 1 amide bonds. The number of hydrazine groups is 1. The molecule has 2 saturated heterocycles. The van der Waals surface area contributed by atoms with E-state index in [9.17, 15) is 9.00 Å². The van der Waals surface area contributed by atoms with Crippen molar-refractivity contribution in [3.8, 4) is 5.75 Å². The van der Waals surface area contributed by atoms with Gasteiger partial charge in [-0.25, -0.2) is 13.9 Å². The minimum Gasteiger partial charge on any atom is -0.497 e. The zero-order valence-electron chi connectivity index (χ0n) is 23.3. The Balaban J connectivity index is 1.33. The first kappa shape index (κ1) is 29.5. The summed E-state index contributed by atoms with van der Waals surface area (Å²) in [7, 11) is 2.49. The van der Waals surface area contributed by atoms with Gasteiger partial charge in [-0.1, -0.05) is 18.3 Å². The van der Waals surface area contributed by atoms with Gasteiger partial charge in [0, 0.05) is 44.8 Å². The SMILES string of the molecule is C=C(CN(C1CC1)S(=O)c1c(C)cc(OC)cc1C)SC(NN)C(=O)N1CCN(C2CCN(C)CC2)CC1. The number of nitrogens with two attached hydrogens (primary N) is 1. The molecule has 1 aromatic carbocycles. The normalized spacial score (nSPS) is 21.5. The second kappa shape index (κ2) is 13.3. The maximum absolute atomic E-state index is 13.7. The fourth-order valence-corrected chi connectivity index (χ4v) is 8.08. The van der Waals surface area contributed by atoms with Crippen LogP contribution in [0, 0.1) is 13.8 Å². The second-order valence-corrected chi connectivity index (χ2v) is 13.4. The second-order valence-electron chi connectivity index (χ2n) is 10.7. The summed E-state index contributed by atoms with van der Waals surface area (Å²) >= 11 is 1.34. The number of rotatable bonds is 11. The van der Waals surface area contributed by atoms with Gasteiger partial charge in [0.15, 0.2) is 0 Å². The van der Waals surface area contributed by atoms with Gasteiger partial charge in [-0.15, -0.1) is 0 Å². The predicted molar refractivity (Wildman–Crippen MR) is 155 cm³/mol. The van der Waals surface area contributed by atoms with E-state index >= 15 is 0 Å². The first-order chi connectivity index (χ1) is 18.2. The lowest BCUT2D eigenvalue weighted by Crippen LogP contribution is -2.57. The van der Waals surface area contributed by atoms with Crippen LogP contribution in [0.4, 0.5) is 0 Å². The van der Waals surface area contributed by atoms with Gasteiger partial charge < -0.3 is 14.5 Å². The number of nitrogens with one attached hydrogen (secondary N) is 1. The van der Waals surface area contributed by atoms with Crippen LogP contribution in [0.5, 0.6) is 5.75 Å². The van der Waals surface area contributed by atoms with Crippen molar-refractivity contribution in [1.82, 2.24) is 24.4 Å². The van der Waals surface area contributed by atoms with Gasteiger partial charge in [-0.05, 0) is 87.8 Å². The molecule has 212 valence electrons. The summed E-state index contributed by atoms with van der Waals surface area (Å²) in [6.45, 7) is 14.1. The van der Waals surface area contributed by atoms with Crippen molar-refractivity contribution in [2.45, 2.75) is 61.9 Å². The monoisotopic (exact) mass is 564 g/mol. The number of carbonyl (C=O) groups is 1. The van der Waals surface area contributed by atoms with Crippen molar-refractivity contribution >= 4 is 28.7 Å². The number of piperidine rings is 1. The number of hydrogen-bond acceptors (Lipinski definition) is 8. The van der Waals surface area contributed by atoms with E-state index < -0.39 is 16.4 Å². The Bertz CT molecular complexity index is 997. The Morgan fingerprint density at radius 3 is 2.29 bits per heavy atom. The fraction of sp³-hybridized carbons (Fsp3) is 0.667. The topological polar surface area (TPSA) is 94.4 Å². The van der Waals surface area contributed by atoms with Gasteiger partial charge in [-0.2, -0.15) is 0 Å². The molecule has 2 atom stereocenters. The van der Waals surface area contributed by atoms with Crippen LogP contribution in [0.3, 0.4) is 0 Å². The molecule has 0 bridgehead atoms. The lowest BCUT2D eigenvalue weighted by molar-refractivity contribution is -0.133. The summed E-state index contributed by atoms with van der Waals surface area (Å²) in [4.78, 5) is 21.8. The summed E-state index contributed by atoms with van der Waals surface area (Å²) in [5.74, 6) is 6.60. The maximum Gasteiger partial charge on any atom is 0.251 e. The number of carbonyl (C=O) groups excluding carboxylic acids is 1. The minimum absolute atomic E-state index is 0.0115. The molecule has 3 aliphatic rings. The third-order valence-electron chi connectivity index (χ3n) is 7.83. The van der Waals surface area contributed by atoms with Crippen LogP contribution < -0.4 is 16.0 Å². The molecule has 9 nitrogen and oxygen atoms in total. The molecule has 2 heterocycles. The number of nitrogens with zero attached hydrogens (tertiary/aromatic N) is 4. The largest absolute Gasteiger partial charge is 0.497 e. The van der Waals surface area contributed by atoms with Crippen LogP contribution in [0.25, 0.3) is 0 Å². The van der Waals surface area contributed by atoms with E-state index in [4.69, 9.17) is 10.6 Å². The third-order valence-corrected chi connectivity index (χ3v) is 10.7. The van der Waals surface area contributed by atoms with Crippen LogP contribution in [-0.4, -0.2) is 107 Å². The van der Waals surface area contributed by atoms with Gasteiger partial charge in [0.1, 0.15) is 22.1 Å². The zero-order valence-corrected chi connectivity index (χ0v) is 24.9. The van der Waals surface area contributed by atoms with E-state index in [1.807, 2.05) is 35.2 Å². The van der Waals surface area contributed by atoms with Crippen LogP contribution in [0.15, 0.2) is 28.5 Å². The van der Waals surface area contributed by atoms with Gasteiger partial charge in [0.25, 0.3) is 5.91 Å². The van der Waals surface area contributed by atoms with Crippen molar-refractivity contribution < 1.29 is 13.7 Å². The van der Waals surface area contributed by atoms with Crippen molar-refractivity contribution in [2.75, 3.05) is 60.0 Å². The summed E-state index contributed by atoms with van der Waals surface area (Å²) in [5, 5.41) is -0.615. The smallest absolute Gasteiger partial charge is 0.251 e. The van der Waals surface area contributed by atoms with Crippen LogP contribution >= 0.6 is 11.8 Å².